The minimum Gasteiger partial charge on any atom is -0.487 e. The third-order valence-corrected chi connectivity index (χ3v) is 9.44. The molecule has 0 unspecified atom stereocenters. The topological polar surface area (TPSA) is 127 Å². The zero-order valence-corrected chi connectivity index (χ0v) is 24.7. The van der Waals surface area contributed by atoms with Gasteiger partial charge in [0.25, 0.3) is 0 Å². The first-order valence-electron chi connectivity index (χ1n) is 14.3. The number of hydrogen-bond donors (Lipinski definition) is 1. The molecule has 3 atom stereocenters. The summed E-state index contributed by atoms with van der Waals surface area (Å²) in [6.07, 6.45) is 4.30. The molecule has 2 amide bonds. The van der Waals surface area contributed by atoms with Gasteiger partial charge >= 0.3 is 5.97 Å². The third-order valence-electron chi connectivity index (χ3n) is 9.08. The normalized spacial score (nSPS) is 24.4. The van der Waals surface area contributed by atoms with Gasteiger partial charge in [0.1, 0.15) is 18.1 Å². The SMILES string of the molecule is COCc1c(COc2ccc(Cl)c3c2[C@@H](CN2CCCC2=O)N(C(=O)[C@@H]2CCCC[C@]2(C)C(=O)O)CC3)nnn1C. The Morgan fingerprint density at radius 2 is 1.98 bits per heavy atom. The molecular weight excluding hydrogens is 550 g/mol. The number of hydrogen-bond acceptors (Lipinski definition) is 7. The van der Waals surface area contributed by atoms with E-state index in [0.717, 1.165) is 36.1 Å². The van der Waals surface area contributed by atoms with Crippen molar-refractivity contribution in [1.29, 1.82) is 0 Å². The molecule has 3 heterocycles. The van der Waals surface area contributed by atoms with Crippen LogP contribution >= 0.6 is 11.6 Å². The van der Waals surface area contributed by atoms with Crippen molar-refractivity contribution in [2.24, 2.45) is 18.4 Å². The Morgan fingerprint density at radius 3 is 2.68 bits per heavy atom. The van der Waals surface area contributed by atoms with Crippen LogP contribution in [-0.2, 0) is 45.8 Å². The molecule has 1 aromatic carbocycles. The number of nitrogens with zero attached hydrogens (tertiary/aromatic N) is 5. The fourth-order valence-electron chi connectivity index (χ4n) is 6.64. The molecule has 2 fully saturated rings. The van der Waals surface area contributed by atoms with Crippen LogP contribution in [0.2, 0.25) is 5.02 Å². The van der Waals surface area contributed by atoms with Gasteiger partial charge in [-0.05, 0) is 50.3 Å². The monoisotopic (exact) mass is 587 g/mol. The number of halogens is 1. The Morgan fingerprint density at radius 1 is 1.17 bits per heavy atom. The molecule has 1 N–H and O–H groups in total. The summed E-state index contributed by atoms with van der Waals surface area (Å²) in [5.41, 5.74) is 1.93. The van der Waals surface area contributed by atoms with Crippen LogP contribution in [0.15, 0.2) is 12.1 Å². The summed E-state index contributed by atoms with van der Waals surface area (Å²) in [6.45, 7) is 3.44. The summed E-state index contributed by atoms with van der Waals surface area (Å²) in [6, 6.07) is 3.06. The second-order valence-electron chi connectivity index (χ2n) is 11.5. The number of carbonyl (C=O) groups excluding carboxylic acids is 2. The van der Waals surface area contributed by atoms with E-state index in [1.165, 1.54) is 0 Å². The predicted molar refractivity (Wildman–Crippen MR) is 149 cm³/mol. The van der Waals surface area contributed by atoms with Crippen molar-refractivity contribution in [1.82, 2.24) is 24.8 Å². The summed E-state index contributed by atoms with van der Waals surface area (Å²) in [5, 5.41) is 19.0. The molecule has 0 bridgehead atoms. The average Bonchev–Trinajstić information content (AvgIpc) is 3.52. The summed E-state index contributed by atoms with van der Waals surface area (Å²) >= 11 is 6.72. The van der Waals surface area contributed by atoms with Gasteiger partial charge in [-0.3, -0.25) is 14.4 Å². The number of rotatable bonds is 9. The van der Waals surface area contributed by atoms with Crippen LogP contribution < -0.4 is 4.74 Å². The van der Waals surface area contributed by atoms with Gasteiger partial charge in [-0.25, -0.2) is 4.68 Å². The van der Waals surface area contributed by atoms with E-state index in [0.29, 0.717) is 68.4 Å². The highest BCUT2D eigenvalue weighted by atomic mass is 35.5. The third kappa shape index (κ3) is 5.53. The van der Waals surface area contributed by atoms with Crippen molar-refractivity contribution in [3.63, 3.8) is 0 Å². The summed E-state index contributed by atoms with van der Waals surface area (Å²) < 4.78 is 13.3. The Kier molecular flexibility index (Phi) is 8.56. The van der Waals surface area contributed by atoms with Crippen LogP contribution in [0.4, 0.5) is 0 Å². The molecule has 2 aromatic rings. The van der Waals surface area contributed by atoms with Crippen molar-refractivity contribution in [2.45, 2.75) is 71.1 Å². The number of ether oxygens (including phenoxy) is 2. The van der Waals surface area contributed by atoms with Crippen LogP contribution in [0, 0.1) is 11.3 Å². The number of amides is 2. The summed E-state index contributed by atoms with van der Waals surface area (Å²) in [4.78, 5) is 43.0. The Labute approximate surface area is 244 Å². The predicted octanol–water partition coefficient (Wildman–Crippen LogP) is 3.52. The van der Waals surface area contributed by atoms with E-state index >= 15 is 0 Å². The lowest BCUT2D eigenvalue weighted by Crippen LogP contribution is -2.52. The van der Waals surface area contributed by atoms with Gasteiger partial charge in [0, 0.05) is 50.8 Å². The van der Waals surface area contributed by atoms with Crippen LogP contribution in [0.1, 0.15) is 74.0 Å². The molecule has 2 aliphatic heterocycles. The smallest absolute Gasteiger partial charge is 0.310 e. The largest absolute Gasteiger partial charge is 0.487 e. The zero-order chi connectivity index (χ0) is 29.3. The van der Waals surface area contributed by atoms with Crippen LogP contribution in [0.25, 0.3) is 0 Å². The van der Waals surface area contributed by atoms with E-state index in [1.54, 1.807) is 47.7 Å². The molecule has 1 aliphatic carbocycles. The Hall–Kier alpha value is -3.18. The Bertz CT molecular complexity index is 1330. The molecular formula is C29H38ClN5O6. The average molecular weight is 588 g/mol. The number of fused-ring (bicyclic) bond motifs is 1. The number of carboxylic acids is 1. The molecule has 3 aliphatic rings. The van der Waals surface area contributed by atoms with E-state index in [9.17, 15) is 19.5 Å². The number of likely N-dealkylation sites (tertiary alicyclic amines) is 1. The van der Waals surface area contributed by atoms with Crippen molar-refractivity contribution in [2.75, 3.05) is 26.7 Å². The van der Waals surface area contributed by atoms with E-state index in [1.807, 2.05) is 0 Å². The number of methoxy groups -OCH3 is 1. The second-order valence-corrected chi connectivity index (χ2v) is 11.9. The minimum atomic E-state index is -1.14. The van der Waals surface area contributed by atoms with Crippen LogP contribution in [0.3, 0.4) is 0 Å². The molecule has 222 valence electrons. The van der Waals surface area contributed by atoms with Gasteiger partial charge in [0.2, 0.25) is 11.8 Å². The highest BCUT2D eigenvalue weighted by Crippen LogP contribution is 2.46. The first-order valence-corrected chi connectivity index (χ1v) is 14.7. The lowest BCUT2D eigenvalue weighted by molar-refractivity contribution is -0.162. The molecule has 12 heteroatoms. The molecule has 5 rings (SSSR count). The van der Waals surface area contributed by atoms with Gasteiger partial charge in [0.05, 0.1) is 29.7 Å². The Balaban J connectivity index is 1.52. The number of aromatic nitrogens is 3. The van der Waals surface area contributed by atoms with Gasteiger partial charge in [-0.1, -0.05) is 29.7 Å². The quantitative estimate of drug-likeness (QED) is 0.472. The highest BCUT2D eigenvalue weighted by molar-refractivity contribution is 6.31. The fraction of sp³-hybridized carbons (Fsp3) is 0.621. The summed E-state index contributed by atoms with van der Waals surface area (Å²) in [5.74, 6) is -1.17. The summed E-state index contributed by atoms with van der Waals surface area (Å²) in [7, 11) is 3.39. The standard InChI is InChI=1S/C29H38ClN5O6/c1-29(28(38)39)12-5-4-7-19(29)27(37)35-14-11-18-20(30)9-10-24(26(18)22(35)15-34-13-6-8-25(34)36)41-16-21-23(17-40-3)33(2)32-31-21/h9-10,19,22H,4-8,11-17H2,1-3H3,(H,38,39)/t19-,22+,29-/m0/s1. The van der Waals surface area contributed by atoms with E-state index < -0.39 is 23.3 Å². The number of carbonyl (C=O) groups is 3. The van der Waals surface area contributed by atoms with Crippen molar-refractivity contribution in [3.05, 3.63) is 39.7 Å². The maximum Gasteiger partial charge on any atom is 0.310 e. The van der Waals surface area contributed by atoms with E-state index in [-0.39, 0.29) is 18.4 Å². The fourth-order valence-corrected chi connectivity index (χ4v) is 6.90. The van der Waals surface area contributed by atoms with Crippen molar-refractivity contribution in [3.8, 4) is 5.75 Å². The van der Waals surface area contributed by atoms with E-state index in [4.69, 9.17) is 21.1 Å². The number of benzene rings is 1. The molecule has 1 saturated carbocycles. The highest BCUT2D eigenvalue weighted by Gasteiger charge is 2.50. The molecule has 1 saturated heterocycles. The number of aliphatic carboxylic acids is 1. The van der Waals surface area contributed by atoms with Gasteiger partial charge < -0.3 is 24.4 Å². The van der Waals surface area contributed by atoms with Gasteiger partial charge in [-0.15, -0.1) is 5.10 Å². The van der Waals surface area contributed by atoms with Crippen molar-refractivity contribution < 1.29 is 29.0 Å². The maximum absolute atomic E-state index is 14.3. The van der Waals surface area contributed by atoms with Crippen molar-refractivity contribution >= 4 is 29.4 Å². The maximum atomic E-state index is 14.3. The molecule has 41 heavy (non-hydrogen) atoms. The number of carboxylic acid groups (broad SMARTS) is 1. The van der Waals surface area contributed by atoms with Gasteiger partial charge in [-0.2, -0.15) is 0 Å². The first kappa shape index (κ1) is 29.3. The minimum absolute atomic E-state index is 0.0471. The molecule has 0 spiro atoms. The van der Waals surface area contributed by atoms with Gasteiger partial charge in [0.15, 0.2) is 0 Å². The lowest BCUT2D eigenvalue weighted by atomic mass is 9.66. The molecule has 1 aromatic heterocycles. The number of aryl methyl sites for hydroxylation is 1. The molecule has 11 nitrogen and oxygen atoms in total. The second kappa shape index (κ2) is 12.0. The van der Waals surface area contributed by atoms with Crippen LogP contribution in [-0.4, -0.2) is 74.4 Å². The zero-order valence-electron chi connectivity index (χ0n) is 23.9. The first-order chi connectivity index (χ1) is 19.7. The van der Waals surface area contributed by atoms with E-state index in [2.05, 4.69) is 10.3 Å². The lowest BCUT2D eigenvalue weighted by Gasteiger charge is -2.45. The molecule has 0 radical (unpaired) electrons. The van der Waals surface area contributed by atoms with Crippen LogP contribution in [0.5, 0.6) is 5.75 Å².